The van der Waals surface area contributed by atoms with Crippen molar-refractivity contribution in [3.63, 3.8) is 0 Å². The van der Waals surface area contributed by atoms with E-state index in [1.807, 2.05) is 12.4 Å². The second-order valence-corrected chi connectivity index (χ2v) is 16.1. The van der Waals surface area contributed by atoms with E-state index in [9.17, 15) is 0 Å². The fraction of sp³-hybridized carbons (Fsp3) is 0.692. The molecule has 5 heteroatoms. The van der Waals surface area contributed by atoms with Gasteiger partial charge in [0.15, 0.2) is 0 Å². The lowest BCUT2D eigenvalue weighted by Gasteiger charge is -2.50. The normalized spacial score (nSPS) is 12.6. The molecule has 0 atom stereocenters. The Balaban J connectivity index is 3.30. The second kappa shape index (κ2) is 5.97. The maximum atomic E-state index is 4.09. The molecule has 0 N–H and O–H groups in total. The summed E-state index contributed by atoms with van der Waals surface area (Å²) in [6.45, 7) is 14.4. The van der Waals surface area contributed by atoms with Crippen LogP contribution in [0.5, 0.6) is 0 Å². The molecule has 0 aliphatic heterocycles. The van der Waals surface area contributed by atoms with Crippen molar-refractivity contribution < 1.29 is 0 Å². The van der Waals surface area contributed by atoms with E-state index in [0.717, 1.165) is 0 Å². The largest absolute Gasteiger partial charge is 0.423 e. The summed E-state index contributed by atoms with van der Waals surface area (Å²) in [5.74, 6) is 0. The first-order valence-corrected chi connectivity index (χ1v) is 13.0. The maximum Gasteiger partial charge on any atom is 0.147 e. The highest BCUT2D eigenvalue weighted by molar-refractivity contribution is 7.00. The van der Waals surface area contributed by atoms with Gasteiger partial charge < -0.3 is 4.23 Å². The van der Waals surface area contributed by atoms with Crippen LogP contribution in [0.25, 0.3) is 0 Å². The van der Waals surface area contributed by atoms with Gasteiger partial charge in [-0.05, 0) is 24.2 Å². The average Bonchev–Trinajstić information content (AvgIpc) is 2.35. The summed E-state index contributed by atoms with van der Waals surface area (Å²) in [5, 5.41) is 8.01. The van der Waals surface area contributed by atoms with E-state index >= 15 is 0 Å². The maximum absolute atomic E-state index is 4.09. The third-order valence-corrected chi connectivity index (χ3v) is 14.1. The highest BCUT2D eigenvalue weighted by atomic mass is 28.4. The van der Waals surface area contributed by atoms with Crippen LogP contribution >= 0.6 is 0 Å². The zero-order valence-electron chi connectivity index (χ0n) is 12.7. The number of anilines is 1. The molecule has 3 nitrogen and oxygen atoms in total. The molecule has 102 valence electrons. The van der Waals surface area contributed by atoms with Crippen molar-refractivity contribution in [3.05, 3.63) is 18.5 Å². The summed E-state index contributed by atoms with van der Waals surface area (Å²) in [6.07, 6.45) is 3.77. The lowest BCUT2D eigenvalue weighted by atomic mass is 10.5. The number of hydrogen-bond donors (Lipinski definition) is 0. The van der Waals surface area contributed by atoms with Crippen LogP contribution in [-0.2, 0) is 0 Å². The molecule has 0 unspecified atom stereocenters. The van der Waals surface area contributed by atoms with Crippen molar-refractivity contribution in [1.29, 1.82) is 0 Å². The minimum Gasteiger partial charge on any atom is -0.423 e. The number of aromatic nitrogens is 2. The van der Waals surface area contributed by atoms with E-state index in [0.29, 0.717) is 0 Å². The Bertz CT molecular complexity index is 350. The predicted molar refractivity (Wildman–Crippen MR) is 85.1 cm³/mol. The molecule has 1 aromatic rings. The van der Waals surface area contributed by atoms with E-state index in [1.165, 1.54) is 23.8 Å². The van der Waals surface area contributed by atoms with E-state index < -0.39 is 16.5 Å². The third-order valence-electron chi connectivity index (χ3n) is 3.95. The Morgan fingerprint density at radius 1 is 1.00 bits per heavy atom. The Morgan fingerprint density at radius 3 is 1.89 bits per heavy atom. The summed E-state index contributed by atoms with van der Waals surface area (Å²) in [7, 11) is -2.79. The van der Waals surface area contributed by atoms with Crippen molar-refractivity contribution in [2.45, 2.75) is 58.5 Å². The first-order chi connectivity index (χ1) is 8.41. The van der Waals surface area contributed by atoms with Gasteiger partial charge in [-0.15, -0.1) is 0 Å². The predicted octanol–water partition coefficient (Wildman–Crippen LogP) is 4.12. The summed E-state index contributed by atoms with van der Waals surface area (Å²) in [4.78, 5) is 0. The molecule has 0 aromatic carbocycles. The zero-order valence-corrected chi connectivity index (χ0v) is 14.7. The Hall–Kier alpha value is -0.686. The molecule has 1 heterocycles. The van der Waals surface area contributed by atoms with Gasteiger partial charge in [0, 0.05) is 5.69 Å². The van der Waals surface area contributed by atoms with Gasteiger partial charge in [0.25, 0.3) is 0 Å². The van der Waals surface area contributed by atoms with Crippen LogP contribution in [0, 0.1) is 0 Å². The standard InChI is InChI=1S/C13H27N3Si2/c1-7-18(8-2,9-3)16(17(4,5)6)13-10-11-14-15-12-13/h10-12H,7-9H2,1-6H3. The Morgan fingerprint density at radius 2 is 1.56 bits per heavy atom. The Labute approximate surface area is 114 Å². The average molecular weight is 282 g/mol. The van der Waals surface area contributed by atoms with Crippen LogP contribution in [-0.4, -0.2) is 26.7 Å². The van der Waals surface area contributed by atoms with Crippen molar-refractivity contribution in [1.82, 2.24) is 10.2 Å². The van der Waals surface area contributed by atoms with Crippen molar-refractivity contribution in [2.24, 2.45) is 0 Å². The van der Waals surface area contributed by atoms with E-state index in [-0.39, 0.29) is 0 Å². The van der Waals surface area contributed by atoms with Gasteiger partial charge >= 0.3 is 0 Å². The molecule has 1 rings (SSSR count). The quantitative estimate of drug-likeness (QED) is 0.734. The van der Waals surface area contributed by atoms with Gasteiger partial charge in [0.1, 0.15) is 16.5 Å². The van der Waals surface area contributed by atoms with Crippen molar-refractivity contribution in [3.8, 4) is 0 Å². The van der Waals surface area contributed by atoms with Crippen LogP contribution in [0.1, 0.15) is 20.8 Å². The smallest absolute Gasteiger partial charge is 0.147 e. The molecule has 0 aliphatic carbocycles. The van der Waals surface area contributed by atoms with Gasteiger partial charge in [-0.25, -0.2) is 0 Å². The SMILES string of the molecule is CC[Si](CC)(CC)N(c1ccnnc1)[Si](C)(C)C. The van der Waals surface area contributed by atoms with E-state index in [4.69, 9.17) is 0 Å². The van der Waals surface area contributed by atoms with Crippen LogP contribution in [0.4, 0.5) is 5.69 Å². The first-order valence-electron chi connectivity index (χ1n) is 6.98. The zero-order chi connectivity index (χ0) is 13.8. The molecule has 0 spiro atoms. The van der Waals surface area contributed by atoms with Gasteiger partial charge in [0.05, 0.1) is 12.4 Å². The van der Waals surface area contributed by atoms with E-state index in [2.05, 4.69) is 60.9 Å². The molecular weight excluding hydrogens is 254 g/mol. The minimum absolute atomic E-state index is 1.29. The molecule has 0 saturated heterocycles. The second-order valence-electron chi connectivity index (χ2n) is 5.89. The molecule has 0 bridgehead atoms. The van der Waals surface area contributed by atoms with Crippen LogP contribution in [0.3, 0.4) is 0 Å². The van der Waals surface area contributed by atoms with Crippen molar-refractivity contribution >= 4 is 22.2 Å². The van der Waals surface area contributed by atoms with Gasteiger partial charge in [-0.3, -0.25) is 0 Å². The number of hydrogen-bond acceptors (Lipinski definition) is 3. The van der Waals surface area contributed by atoms with Gasteiger partial charge in [-0.1, -0.05) is 40.4 Å². The monoisotopic (exact) mass is 281 g/mol. The molecule has 0 aliphatic rings. The molecule has 0 saturated carbocycles. The highest BCUT2D eigenvalue weighted by Crippen LogP contribution is 2.34. The summed E-state index contributed by atoms with van der Waals surface area (Å²) >= 11 is 0. The fourth-order valence-corrected chi connectivity index (χ4v) is 14.2. The summed E-state index contributed by atoms with van der Waals surface area (Å²) < 4.78 is 2.80. The van der Waals surface area contributed by atoms with Crippen LogP contribution < -0.4 is 4.23 Å². The fourth-order valence-electron chi connectivity index (χ4n) is 3.01. The van der Waals surface area contributed by atoms with Gasteiger partial charge in [-0.2, -0.15) is 10.2 Å². The van der Waals surface area contributed by atoms with E-state index in [1.54, 1.807) is 0 Å². The van der Waals surface area contributed by atoms with Crippen molar-refractivity contribution in [2.75, 3.05) is 4.23 Å². The summed E-state index contributed by atoms with van der Waals surface area (Å²) in [5.41, 5.74) is 1.29. The molecular formula is C13H27N3Si2. The molecule has 1 aromatic heterocycles. The molecule has 0 fully saturated rings. The number of rotatable bonds is 6. The van der Waals surface area contributed by atoms with Crippen LogP contribution in [0.2, 0.25) is 37.8 Å². The topological polar surface area (TPSA) is 29.0 Å². The van der Waals surface area contributed by atoms with Gasteiger partial charge in [0.2, 0.25) is 0 Å². The Kier molecular flexibility index (Phi) is 5.10. The minimum atomic E-state index is -1.40. The molecule has 18 heavy (non-hydrogen) atoms. The lowest BCUT2D eigenvalue weighted by Crippen LogP contribution is -2.63. The first kappa shape index (κ1) is 15.4. The molecule has 0 amide bonds. The number of nitrogens with zero attached hydrogens (tertiary/aromatic N) is 3. The lowest BCUT2D eigenvalue weighted by molar-refractivity contribution is 1.02. The summed E-state index contributed by atoms with van der Waals surface area (Å²) in [6, 6.07) is 6.07. The third kappa shape index (κ3) is 3.00. The highest BCUT2D eigenvalue weighted by Gasteiger charge is 2.41. The molecule has 0 radical (unpaired) electrons. The van der Waals surface area contributed by atoms with Crippen LogP contribution in [0.15, 0.2) is 18.5 Å².